The zero-order valence-corrected chi connectivity index (χ0v) is 20.3. The molecule has 2 aliphatic heterocycles. The molecular formula is C29H35NO4. The average molecular weight is 462 g/mol. The number of ether oxygens (including phenoxy) is 2. The van der Waals surface area contributed by atoms with Gasteiger partial charge in [-0.05, 0) is 68.8 Å². The maximum absolute atomic E-state index is 13.7. The van der Waals surface area contributed by atoms with E-state index in [1.807, 2.05) is 0 Å². The zero-order valence-electron chi connectivity index (χ0n) is 20.3. The first-order chi connectivity index (χ1) is 16.5. The number of piperidine rings is 1. The molecule has 2 aromatic carbocycles. The smallest absolute Gasteiger partial charge is 0.179 e. The fourth-order valence-electron chi connectivity index (χ4n) is 8.05. The molecule has 180 valence electrons. The molecule has 0 radical (unpaired) electrons. The van der Waals surface area contributed by atoms with E-state index in [4.69, 9.17) is 9.47 Å². The molecule has 1 saturated carbocycles. The van der Waals surface area contributed by atoms with Crippen molar-refractivity contribution in [3.8, 4) is 11.5 Å². The van der Waals surface area contributed by atoms with Crippen LogP contribution in [0.3, 0.4) is 0 Å². The minimum absolute atomic E-state index is 0.150. The highest BCUT2D eigenvalue weighted by Crippen LogP contribution is 2.70. The zero-order chi connectivity index (χ0) is 23.6. The molecule has 1 N–H and O–H groups in total. The number of hydrogen-bond donors (Lipinski definition) is 1. The molecule has 2 aliphatic carbocycles. The number of hydrogen-bond acceptors (Lipinski definition) is 5. The quantitative estimate of drug-likeness (QED) is 0.612. The van der Waals surface area contributed by atoms with Crippen LogP contribution in [0.1, 0.15) is 62.6 Å². The lowest BCUT2D eigenvalue weighted by Crippen LogP contribution is -2.81. The van der Waals surface area contributed by atoms with Gasteiger partial charge in [-0.15, -0.1) is 0 Å². The standard InChI is InChI=1S/C29H35NO4/c1-3-28-24(32)14-15-29(33-18-8-11-20-9-6-5-7-10-20)23-19-21-12-13-22(31)26(34-28)25(21)27(28,29)16-17-30(23)4-2/h5-7,9-10,12-13,23,31H,3-4,8,11,14-19H2,1-2H3/t23-,27+,28+,29?/m1/s1. The molecule has 2 fully saturated rings. The molecule has 5 nitrogen and oxygen atoms in total. The molecule has 2 bridgehead atoms. The van der Waals surface area contributed by atoms with E-state index < -0.39 is 16.6 Å². The number of rotatable bonds is 7. The van der Waals surface area contributed by atoms with Gasteiger partial charge in [0.25, 0.3) is 0 Å². The van der Waals surface area contributed by atoms with Crippen LogP contribution in [0.5, 0.6) is 11.5 Å². The van der Waals surface area contributed by atoms with E-state index in [2.05, 4.69) is 55.1 Å². The molecule has 2 heterocycles. The first-order valence-corrected chi connectivity index (χ1v) is 13.0. The minimum Gasteiger partial charge on any atom is -0.504 e. The number of carbonyl (C=O) groups excluding carboxylic acids is 1. The summed E-state index contributed by atoms with van der Waals surface area (Å²) in [6.07, 6.45) is 5.38. The van der Waals surface area contributed by atoms with E-state index in [0.29, 0.717) is 25.2 Å². The summed E-state index contributed by atoms with van der Waals surface area (Å²) in [6, 6.07) is 14.6. The maximum Gasteiger partial charge on any atom is 0.179 e. The van der Waals surface area contributed by atoms with Crippen molar-refractivity contribution in [3.05, 3.63) is 59.2 Å². The van der Waals surface area contributed by atoms with Crippen LogP contribution >= 0.6 is 0 Å². The van der Waals surface area contributed by atoms with E-state index in [1.165, 1.54) is 11.1 Å². The number of phenols is 1. The number of likely N-dealkylation sites (N-methyl/N-ethyl adjacent to an activating group) is 1. The molecule has 1 saturated heterocycles. The Labute approximate surface area is 202 Å². The second kappa shape index (κ2) is 7.82. The van der Waals surface area contributed by atoms with Crippen LogP contribution in [0, 0.1) is 0 Å². The van der Waals surface area contributed by atoms with Crippen molar-refractivity contribution in [2.75, 3.05) is 19.7 Å². The highest BCUT2D eigenvalue weighted by Gasteiger charge is 2.79. The van der Waals surface area contributed by atoms with Gasteiger partial charge in [-0.3, -0.25) is 9.69 Å². The summed E-state index contributed by atoms with van der Waals surface area (Å²) in [5, 5.41) is 10.8. The van der Waals surface area contributed by atoms with Crippen molar-refractivity contribution in [3.63, 3.8) is 0 Å². The van der Waals surface area contributed by atoms with E-state index >= 15 is 0 Å². The molecule has 5 heteroatoms. The Morgan fingerprint density at radius 1 is 1.15 bits per heavy atom. The van der Waals surface area contributed by atoms with Crippen LogP contribution < -0.4 is 4.74 Å². The Kier molecular flexibility index (Phi) is 5.09. The van der Waals surface area contributed by atoms with E-state index in [9.17, 15) is 9.90 Å². The number of carbonyl (C=O) groups is 1. The predicted molar refractivity (Wildman–Crippen MR) is 130 cm³/mol. The van der Waals surface area contributed by atoms with Gasteiger partial charge >= 0.3 is 0 Å². The van der Waals surface area contributed by atoms with Crippen molar-refractivity contribution in [2.24, 2.45) is 0 Å². The third kappa shape index (κ3) is 2.60. The van der Waals surface area contributed by atoms with Gasteiger partial charge in [0.1, 0.15) is 0 Å². The number of aryl methyl sites for hydroxylation is 1. The molecule has 34 heavy (non-hydrogen) atoms. The number of nitrogens with zero attached hydrogens (tertiary/aromatic N) is 1. The molecule has 2 aromatic rings. The van der Waals surface area contributed by atoms with Crippen molar-refractivity contribution >= 4 is 5.78 Å². The second-order valence-electron chi connectivity index (χ2n) is 10.5. The number of benzene rings is 2. The van der Waals surface area contributed by atoms with Crippen LogP contribution in [0.2, 0.25) is 0 Å². The first-order valence-electron chi connectivity index (χ1n) is 13.0. The number of likely N-dealkylation sites (tertiary alicyclic amines) is 1. The highest BCUT2D eigenvalue weighted by atomic mass is 16.5. The molecule has 4 atom stereocenters. The minimum atomic E-state index is -0.959. The van der Waals surface area contributed by atoms with Gasteiger partial charge in [-0.1, -0.05) is 50.2 Å². The molecule has 1 spiro atoms. The van der Waals surface area contributed by atoms with E-state index in [-0.39, 0.29) is 17.6 Å². The third-order valence-corrected chi connectivity index (χ3v) is 9.39. The van der Waals surface area contributed by atoms with Crippen LogP contribution in [0.15, 0.2) is 42.5 Å². The summed E-state index contributed by atoms with van der Waals surface area (Å²) in [7, 11) is 0. The van der Waals surface area contributed by atoms with Crippen LogP contribution in [-0.2, 0) is 27.8 Å². The Morgan fingerprint density at radius 3 is 2.74 bits per heavy atom. The SMILES string of the molecule is CCN1CC[C@]23c4c5ccc(O)c4O[C@@]2(CC)C(=O)CCC3(OCCCc2ccccc2)[C@H]1C5. The first kappa shape index (κ1) is 22.1. The second-order valence-corrected chi connectivity index (χ2v) is 10.5. The number of ketones is 1. The van der Waals surface area contributed by atoms with Gasteiger partial charge < -0.3 is 14.6 Å². The lowest BCUT2D eigenvalue weighted by Gasteiger charge is -2.67. The molecule has 0 amide bonds. The van der Waals surface area contributed by atoms with Gasteiger partial charge in [-0.25, -0.2) is 0 Å². The Balaban J connectivity index is 1.46. The van der Waals surface area contributed by atoms with Gasteiger partial charge in [0.15, 0.2) is 22.9 Å². The summed E-state index contributed by atoms with van der Waals surface area (Å²) < 4.78 is 13.7. The Morgan fingerprint density at radius 2 is 1.97 bits per heavy atom. The lowest BCUT2D eigenvalue weighted by molar-refractivity contribution is -0.234. The van der Waals surface area contributed by atoms with Gasteiger partial charge in [-0.2, -0.15) is 0 Å². The molecule has 6 rings (SSSR count). The summed E-state index contributed by atoms with van der Waals surface area (Å²) in [6.45, 7) is 6.83. The Bertz CT molecular complexity index is 1120. The molecule has 0 aromatic heterocycles. The van der Waals surface area contributed by atoms with Crippen LogP contribution in [0.25, 0.3) is 0 Å². The largest absolute Gasteiger partial charge is 0.504 e. The fraction of sp³-hybridized carbons (Fsp3) is 0.552. The van der Waals surface area contributed by atoms with Crippen molar-refractivity contribution < 1.29 is 19.4 Å². The van der Waals surface area contributed by atoms with Gasteiger partial charge in [0.2, 0.25) is 0 Å². The van der Waals surface area contributed by atoms with Crippen molar-refractivity contribution in [2.45, 2.75) is 81.5 Å². The molecule has 4 aliphatic rings. The van der Waals surface area contributed by atoms with Crippen molar-refractivity contribution in [1.29, 1.82) is 0 Å². The lowest BCUT2D eigenvalue weighted by atomic mass is 9.44. The van der Waals surface area contributed by atoms with Gasteiger partial charge in [0.05, 0.1) is 11.0 Å². The van der Waals surface area contributed by atoms with Crippen LogP contribution in [-0.4, -0.2) is 52.7 Å². The highest BCUT2D eigenvalue weighted by molar-refractivity contribution is 5.94. The van der Waals surface area contributed by atoms with Crippen molar-refractivity contribution in [1.82, 2.24) is 4.90 Å². The van der Waals surface area contributed by atoms with E-state index in [1.54, 1.807) is 6.07 Å². The van der Waals surface area contributed by atoms with Gasteiger partial charge in [0, 0.05) is 24.6 Å². The number of Topliss-reactive ketones (excluding diaryl/α,β-unsaturated/α-hetero) is 1. The summed E-state index contributed by atoms with van der Waals surface area (Å²) in [4.78, 5) is 16.3. The number of phenolic OH excluding ortho intramolecular Hbond substituents is 1. The average Bonchev–Trinajstić information content (AvgIpc) is 3.18. The normalized spacial score (nSPS) is 33.5. The topological polar surface area (TPSA) is 59.0 Å². The maximum atomic E-state index is 13.7. The fourth-order valence-corrected chi connectivity index (χ4v) is 8.05. The number of aromatic hydroxyl groups is 1. The third-order valence-electron chi connectivity index (χ3n) is 9.39. The monoisotopic (exact) mass is 461 g/mol. The molecule has 1 unspecified atom stereocenters. The van der Waals surface area contributed by atoms with Crippen LogP contribution in [0.4, 0.5) is 0 Å². The molecular weight excluding hydrogens is 426 g/mol. The Hall–Kier alpha value is -2.37. The van der Waals surface area contributed by atoms with E-state index in [0.717, 1.165) is 50.8 Å². The summed E-state index contributed by atoms with van der Waals surface area (Å²) >= 11 is 0. The summed E-state index contributed by atoms with van der Waals surface area (Å²) in [5.41, 5.74) is 1.60. The predicted octanol–water partition coefficient (Wildman–Crippen LogP) is 4.57. The summed E-state index contributed by atoms with van der Waals surface area (Å²) in [5.74, 6) is 0.860.